The van der Waals surface area contributed by atoms with Gasteiger partial charge in [0, 0.05) is 9.89 Å². The summed E-state index contributed by atoms with van der Waals surface area (Å²) in [5.41, 5.74) is 0.460. The molecule has 0 fully saturated rings. The maximum atomic E-state index is 9.67. The van der Waals surface area contributed by atoms with Gasteiger partial charge in [-0.2, -0.15) is 11.8 Å². The number of benzene rings is 1. The van der Waals surface area contributed by atoms with Crippen LogP contribution in [0.5, 0.6) is 0 Å². The minimum atomic E-state index is -0.532. The largest absolute Gasteiger partial charge is 0.395 e. The third-order valence-corrected chi connectivity index (χ3v) is 4.44. The number of aliphatic hydroxyl groups is 2. The predicted octanol–water partition coefficient (Wildman–Crippen LogP) is 2.81. The van der Waals surface area contributed by atoms with Crippen LogP contribution in [0.15, 0.2) is 28.7 Å². The van der Waals surface area contributed by atoms with Crippen LogP contribution in [0.2, 0.25) is 0 Å². The lowest BCUT2D eigenvalue weighted by Gasteiger charge is -2.31. The van der Waals surface area contributed by atoms with E-state index in [0.717, 1.165) is 28.6 Å². The summed E-state index contributed by atoms with van der Waals surface area (Å²) in [6.45, 7) is -0.0546. The average Bonchev–Trinajstić information content (AvgIpc) is 2.36. The summed E-state index contributed by atoms with van der Waals surface area (Å²) >= 11 is 5.28. The van der Waals surface area contributed by atoms with E-state index < -0.39 is 5.41 Å². The summed E-state index contributed by atoms with van der Waals surface area (Å²) in [7, 11) is 0. The van der Waals surface area contributed by atoms with Crippen LogP contribution in [0.4, 0.5) is 0 Å². The molecule has 0 aliphatic carbocycles. The van der Waals surface area contributed by atoms with Crippen LogP contribution < -0.4 is 0 Å². The van der Waals surface area contributed by atoms with E-state index in [2.05, 4.69) is 22.2 Å². The molecule has 1 rings (SSSR count). The maximum absolute atomic E-state index is 9.67. The fourth-order valence-electron chi connectivity index (χ4n) is 1.96. The first-order valence-corrected chi connectivity index (χ1v) is 7.84. The highest BCUT2D eigenvalue weighted by Gasteiger charge is 2.32. The van der Waals surface area contributed by atoms with E-state index in [1.54, 1.807) is 11.8 Å². The first-order chi connectivity index (χ1) is 8.20. The summed E-state index contributed by atoms with van der Waals surface area (Å²) in [6.07, 6.45) is 3.85. The van der Waals surface area contributed by atoms with Crippen molar-refractivity contribution in [3.8, 4) is 0 Å². The molecule has 0 bridgehead atoms. The van der Waals surface area contributed by atoms with Gasteiger partial charge < -0.3 is 10.2 Å². The minimum absolute atomic E-state index is 0.0273. The lowest BCUT2D eigenvalue weighted by molar-refractivity contribution is 0.108. The molecule has 1 aromatic carbocycles. The first kappa shape index (κ1) is 15.0. The molecule has 0 saturated carbocycles. The second-order valence-corrected chi connectivity index (χ2v) is 6.01. The topological polar surface area (TPSA) is 40.5 Å². The third-order valence-electron chi connectivity index (χ3n) is 3.05. The van der Waals surface area contributed by atoms with Gasteiger partial charge in [-0.3, -0.25) is 0 Å². The van der Waals surface area contributed by atoms with Crippen LogP contribution >= 0.6 is 27.7 Å². The molecule has 1 aromatic rings. The van der Waals surface area contributed by atoms with Crippen LogP contribution in [0, 0.1) is 0 Å². The first-order valence-electron chi connectivity index (χ1n) is 5.66. The third kappa shape index (κ3) is 3.71. The Morgan fingerprint density at radius 2 is 1.88 bits per heavy atom. The number of halogens is 1. The molecule has 4 heteroatoms. The summed E-state index contributed by atoms with van der Waals surface area (Å²) in [6, 6.07) is 7.79. The van der Waals surface area contributed by atoms with Gasteiger partial charge in [-0.1, -0.05) is 34.1 Å². The van der Waals surface area contributed by atoms with Crippen LogP contribution in [-0.4, -0.2) is 35.4 Å². The number of thioether (sulfide) groups is 1. The number of aliphatic hydroxyl groups excluding tert-OH is 2. The van der Waals surface area contributed by atoms with E-state index in [4.69, 9.17) is 0 Å². The molecular formula is C13H19BrO2S. The molecule has 0 unspecified atom stereocenters. The lowest BCUT2D eigenvalue weighted by Crippen LogP contribution is -2.35. The Labute approximate surface area is 116 Å². The molecule has 0 amide bonds. The van der Waals surface area contributed by atoms with Crippen molar-refractivity contribution in [2.75, 3.05) is 25.2 Å². The van der Waals surface area contributed by atoms with E-state index in [1.807, 2.05) is 24.3 Å². The van der Waals surface area contributed by atoms with E-state index in [-0.39, 0.29) is 13.2 Å². The molecule has 17 heavy (non-hydrogen) atoms. The molecule has 0 atom stereocenters. The summed E-state index contributed by atoms with van der Waals surface area (Å²) in [5, 5.41) is 19.3. The Bertz CT molecular complexity index is 340. The van der Waals surface area contributed by atoms with Gasteiger partial charge in [0.1, 0.15) is 0 Å². The molecule has 0 aromatic heterocycles. The van der Waals surface area contributed by atoms with E-state index in [0.29, 0.717) is 0 Å². The SMILES string of the molecule is CSCCCC(CO)(CO)c1ccccc1Br. The normalized spacial score (nSPS) is 11.8. The Hall–Kier alpha value is -0.0300. The average molecular weight is 319 g/mol. The zero-order valence-corrected chi connectivity index (χ0v) is 12.4. The highest BCUT2D eigenvalue weighted by atomic mass is 79.9. The minimum Gasteiger partial charge on any atom is -0.395 e. The second kappa shape index (κ2) is 7.41. The molecule has 0 aliphatic heterocycles. The highest BCUT2D eigenvalue weighted by molar-refractivity contribution is 9.10. The molecule has 0 heterocycles. The molecule has 0 aliphatic rings. The Morgan fingerprint density at radius 3 is 2.41 bits per heavy atom. The predicted molar refractivity (Wildman–Crippen MR) is 77.6 cm³/mol. The fourth-order valence-corrected chi connectivity index (χ4v) is 3.10. The van der Waals surface area contributed by atoms with Gasteiger partial charge in [0.2, 0.25) is 0 Å². The molecule has 2 N–H and O–H groups in total. The van der Waals surface area contributed by atoms with Gasteiger partial charge in [-0.25, -0.2) is 0 Å². The zero-order valence-electron chi connectivity index (χ0n) is 10.0. The van der Waals surface area contributed by atoms with Crippen LogP contribution in [0.3, 0.4) is 0 Å². The van der Waals surface area contributed by atoms with Crippen LogP contribution in [0.25, 0.3) is 0 Å². The quantitative estimate of drug-likeness (QED) is 0.759. The highest BCUT2D eigenvalue weighted by Crippen LogP contribution is 2.34. The van der Waals surface area contributed by atoms with Crippen molar-refractivity contribution in [3.05, 3.63) is 34.3 Å². The Morgan fingerprint density at radius 1 is 1.24 bits per heavy atom. The zero-order chi connectivity index (χ0) is 12.7. The molecule has 0 spiro atoms. The van der Waals surface area contributed by atoms with Gasteiger partial charge in [0.05, 0.1) is 13.2 Å². The molecule has 0 radical (unpaired) electrons. The van der Waals surface area contributed by atoms with Crippen LogP contribution in [0.1, 0.15) is 18.4 Å². The van der Waals surface area contributed by atoms with Gasteiger partial charge >= 0.3 is 0 Å². The lowest BCUT2D eigenvalue weighted by atomic mass is 9.78. The smallest absolute Gasteiger partial charge is 0.0550 e. The fraction of sp³-hybridized carbons (Fsp3) is 0.538. The van der Waals surface area contributed by atoms with E-state index in [9.17, 15) is 10.2 Å². The Kier molecular flexibility index (Phi) is 6.55. The van der Waals surface area contributed by atoms with Crippen molar-refractivity contribution in [1.29, 1.82) is 0 Å². The van der Waals surface area contributed by atoms with Gasteiger partial charge in [-0.15, -0.1) is 0 Å². The summed E-state index contributed by atoms with van der Waals surface area (Å²) in [5.74, 6) is 1.05. The van der Waals surface area contributed by atoms with Crippen LogP contribution in [-0.2, 0) is 5.41 Å². The van der Waals surface area contributed by atoms with Crippen molar-refractivity contribution in [1.82, 2.24) is 0 Å². The van der Waals surface area contributed by atoms with E-state index >= 15 is 0 Å². The van der Waals surface area contributed by atoms with Gasteiger partial charge in [0.15, 0.2) is 0 Å². The van der Waals surface area contributed by atoms with Gasteiger partial charge in [0.25, 0.3) is 0 Å². The van der Waals surface area contributed by atoms with Crippen molar-refractivity contribution >= 4 is 27.7 Å². The number of rotatable bonds is 7. The van der Waals surface area contributed by atoms with Crippen molar-refractivity contribution < 1.29 is 10.2 Å². The summed E-state index contributed by atoms with van der Waals surface area (Å²) in [4.78, 5) is 0. The number of hydrogen-bond donors (Lipinski definition) is 2. The molecule has 96 valence electrons. The van der Waals surface area contributed by atoms with Crippen molar-refractivity contribution in [2.45, 2.75) is 18.3 Å². The standard InChI is InChI=1S/C13H19BrO2S/c1-17-8-4-7-13(9-15,10-16)11-5-2-3-6-12(11)14/h2-3,5-6,15-16H,4,7-10H2,1H3. The van der Waals surface area contributed by atoms with E-state index in [1.165, 1.54) is 0 Å². The Balaban J connectivity index is 2.94. The monoisotopic (exact) mass is 318 g/mol. The van der Waals surface area contributed by atoms with Crippen molar-refractivity contribution in [3.63, 3.8) is 0 Å². The summed E-state index contributed by atoms with van der Waals surface area (Å²) < 4.78 is 0.951. The second-order valence-electron chi connectivity index (χ2n) is 4.17. The number of hydrogen-bond acceptors (Lipinski definition) is 3. The molecular weight excluding hydrogens is 300 g/mol. The molecule has 0 saturated heterocycles. The van der Waals surface area contributed by atoms with Crippen molar-refractivity contribution in [2.24, 2.45) is 0 Å². The van der Waals surface area contributed by atoms with Gasteiger partial charge in [-0.05, 0) is 36.5 Å². The molecule has 2 nitrogen and oxygen atoms in total. The maximum Gasteiger partial charge on any atom is 0.0550 e.